The Balaban J connectivity index is 2.94. The number of ether oxygens (including phenoxy) is 1. The molecular formula is C8H9N3O5. The number of methoxy groups -OCH3 is 1. The number of hydrogen-bond acceptors (Lipinski definition) is 6. The molecule has 3 N–H and O–H groups in total. The van der Waals surface area contributed by atoms with Crippen LogP contribution in [0.4, 0.5) is 0 Å². The van der Waals surface area contributed by atoms with E-state index in [1.165, 1.54) is 7.11 Å². The summed E-state index contributed by atoms with van der Waals surface area (Å²) in [4.78, 5) is 40.0. The summed E-state index contributed by atoms with van der Waals surface area (Å²) < 4.78 is 4.31. The number of aromatic amines is 2. The van der Waals surface area contributed by atoms with Crippen LogP contribution in [0, 0.1) is 0 Å². The molecule has 0 aliphatic rings. The zero-order chi connectivity index (χ0) is 12.1. The predicted octanol–water partition coefficient (Wildman–Crippen LogP) is -1.64. The fourth-order valence-corrected chi connectivity index (χ4v) is 0.880. The quantitative estimate of drug-likeness (QED) is 0.422. The first-order chi connectivity index (χ1) is 7.54. The molecule has 0 aliphatic heterocycles. The highest BCUT2D eigenvalue weighted by atomic mass is 16.5. The normalized spacial score (nSPS) is 10.6. The lowest BCUT2D eigenvalue weighted by Gasteiger charge is -1.96. The van der Waals surface area contributed by atoms with Crippen LogP contribution in [-0.4, -0.2) is 40.9 Å². The average Bonchev–Trinajstić information content (AvgIpc) is 2.21. The fraction of sp³-hybridized carbons (Fsp3) is 0.250. The molecule has 0 saturated heterocycles. The van der Waals surface area contributed by atoms with Gasteiger partial charge in [-0.25, -0.2) is 4.79 Å². The van der Waals surface area contributed by atoms with Crippen molar-refractivity contribution in [2.24, 2.45) is 4.99 Å². The van der Waals surface area contributed by atoms with Crippen LogP contribution in [-0.2, 0) is 9.53 Å². The Kier molecular flexibility index (Phi) is 3.59. The summed E-state index contributed by atoms with van der Waals surface area (Å²) in [5.41, 5.74) is -1.86. The van der Waals surface area contributed by atoms with Crippen LogP contribution in [0.5, 0.6) is 5.88 Å². The van der Waals surface area contributed by atoms with Crippen LogP contribution in [0.3, 0.4) is 0 Å². The van der Waals surface area contributed by atoms with Crippen molar-refractivity contribution in [1.82, 2.24) is 9.97 Å². The predicted molar refractivity (Wildman–Crippen MR) is 53.8 cm³/mol. The van der Waals surface area contributed by atoms with Crippen molar-refractivity contribution in [3.05, 3.63) is 26.4 Å². The van der Waals surface area contributed by atoms with Gasteiger partial charge in [-0.2, -0.15) is 0 Å². The van der Waals surface area contributed by atoms with Crippen molar-refractivity contribution < 1.29 is 14.6 Å². The lowest BCUT2D eigenvalue weighted by atomic mass is 10.3. The van der Waals surface area contributed by atoms with Crippen molar-refractivity contribution in [3.63, 3.8) is 0 Å². The van der Waals surface area contributed by atoms with Crippen LogP contribution in [0.1, 0.15) is 5.56 Å². The van der Waals surface area contributed by atoms with E-state index >= 15 is 0 Å². The second-order valence-electron chi connectivity index (χ2n) is 2.72. The van der Waals surface area contributed by atoms with Gasteiger partial charge in [-0.05, 0) is 0 Å². The number of aliphatic imine (C=N–C) groups is 1. The molecule has 0 aromatic carbocycles. The standard InChI is InChI=1S/C8H9N3O5/c1-16-5(12)3-9-2-4-6(13)10-8(15)11-7(4)14/h2H,3H2,1H3,(H3,10,11,13,14,15). The monoisotopic (exact) mass is 227 g/mol. The van der Waals surface area contributed by atoms with Crippen LogP contribution in [0.2, 0.25) is 0 Å². The number of aromatic hydroxyl groups is 1. The van der Waals surface area contributed by atoms with Crippen molar-refractivity contribution in [2.45, 2.75) is 0 Å². The molecule has 8 nitrogen and oxygen atoms in total. The van der Waals surface area contributed by atoms with Gasteiger partial charge in [0, 0.05) is 6.21 Å². The molecule has 0 amide bonds. The molecule has 8 heteroatoms. The summed E-state index contributed by atoms with van der Waals surface area (Å²) in [7, 11) is 1.20. The molecule has 0 bridgehead atoms. The molecule has 0 aliphatic carbocycles. The molecule has 0 fully saturated rings. The van der Waals surface area contributed by atoms with Gasteiger partial charge in [-0.3, -0.25) is 24.5 Å². The van der Waals surface area contributed by atoms with Gasteiger partial charge in [-0.1, -0.05) is 0 Å². The number of nitrogens with one attached hydrogen (secondary N) is 2. The first-order valence-corrected chi connectivity index (χ1v) is 4.17. The minimum absolute atomic E-state index is 0.233. The third-order valence-corrected chi connectivity index (χ3v) is 1.63. The summed E-state index contributed by atoms with van der Waals surface area (Å²) in [6, 6.07) is 0. The zero-order valence-corrected chi connectivity index (χ0v) is 8.31. The highest BCUT2D eigenvalue weighted by Crippen LogP contribution is 2.00. The van der Waals surface area contributed by atoms with E-state index in [1.807, 2.05) is 9.97 Å². The summed E-state index contributed by atoms with van der Waals surface area (Å²) in [5, 5.41) is 9.21. The summed E-state index contributed by atoms with van der Waals surface area (Å²) in [6.45, 7) is -0.283. The number of carbonyl (C=O) groups is 1. The smallest absolute Gasteiger partial charge is 0.328 e. The topological polar surface area (TPSA) is 125 Å². The van der Waals surface area contributed by atoms with E-state index < -0.39 is 23.1 Å². The van der Waals surface area contributed by atoms with Gasteiger partial charge < -0.3 is 9.84 Å². The number of hydrogen-bond donors (Lipinski definition) is 3. The molecule has 0 atom stereocenters. The molecule has 1 aromatic heterocycles. The van der Waals surface area contributed by atoms with E-state index in [4.69, 9.17) is 0 Å². The Morgan fingerprint density at radius 2 is 2.19 bits per heavy atom. The fourth-order valence-electron chi connectivity index (χ4n) is 0.880. The van der Waals surface area contributed by atoms with E-state index in [9.17, 15) is 19.5 Å². The molecule has 0 saturated carbocycles. The van der Waals surface area contributed by atoms with E-state index in [0.29, 0.717) is 0 Å². The van der Waals surface area contributed by atoms with Crippen molar-refractivity contribution in [1.29, 1.82) is 0 Å². The first-order valence-electron chi connectivity index (χ1n) is 4.17. The molecule has 0 spiro atoms. The lowest BCUT2D eigenvalue weighted by Crippen LogP contribution is -2.25. The van der Waals surface area contributed by atoms with Gasteiger partial charge >= 0.3 is 11.7 Å². The number of carbonyl (C=O) groups excluding carboxylic acids is 1. The van der Waals surface area contributed by atoms with Crippen LogP contribution >= 0.6 is 0 Å². The molecule has 1 heterocycles. The molecule has 1 rings (SSSR count). The molecule has 0 radical (unpaired) electrons. The Morgan fingerprint density at radius 3 is 2.75 bits per heavy atom. The van der Waals surface area contributed by atoms with Gasteiger partial charge in [0.15, 0.2) is 0 Å². The Labute approximate surface area is 88.6 Å². The number of rotatable bonds is 3. The number of esters is 1. The summed E-state index contributed by atoms with van der Waals surface area (Å²) in [6.07, 6.45) is 0.973. The summed E-state index contributed by atoms with van der Waals surface area (Å²) >= 11 is 0. The SMILES string of the molecule is COC(=O)CN=Cc1c(O)[nH]c(=O)[nH]c1=O. The van der Waals surface area contributed by atoms with Crippen LogP contribution in [0.25, 0.3) is 0 Å². The van der Waals surface area contributed by atoms with Crippen LogP contribution < -0.4 is 11.2 Å². The molecule has 1 aromatic rings. The highest BCUT2D eigenvalue weighted by molar-refractivity contribution is 5.83. The van der Waals surface area contributed by atoms with Gasteiger partial charge in [-0.15, -0.1) is 0 Å². The molecular weight excluding hydrogens is 218 g/mol. The first kappa shape index (κ1) is 11.7. The average molecular weight is 227 g/mol. The molecule has 0 unspecified atom stereocenters. The Hall–Kier alpha value is -2.38. The maximum absolute atomic E-state index is 11.2. The molecule has 86 valence electrons. The number of H-pyrrole nitrogens is 2. The van der Waals surface area contributed by atoms with E-state index in [2.05, 4.69) is 9.73 Å². The third kappa shape index (κ3) is 2.80. The summed E-state index contributed by atoms with van der Waals surface area (Å²) in [5.74, 6) is -1.20. The second kappa shape index (κ2) is 4.91. The number of aromatic nitrogens is 2. The van der Waals surface area contributed by atoms with Crippen molar-refractivity contribution >= 4 is 12.2 Å². The minimum atomic E-state index is -0.826. The lowest BCUT2D eigenvalue weighted by molar-refractivity contribution is -0.138. The van der Waals surface area contributed by atoms with Crippen LogP contribution in [0.15, 0.2) is 14.6 Å². The third-order valence-electron chi connectivity index (χ3n) is 1.63. The zero-order valence-electron chi connectivity index (χ0n) is 8.31. The van der Waals surface area contributed by atoms with Crippen molar-refractivity contribution in [3.8, 4) is 5.88 Å². The van der Waals surface area contributed by atoms with E-state index in [-0.39, 0.29) is 12.1 Å². The van der Waals surface area contributed by atoms with E-state index in [1.54, 1.807) is 0 Å². The van der Waals surface area contributed by atoms with Gasteiger partial charge in [0.1, 0.15) is 12.1 Å². The van der Waals surface area contributed by atoms with Gasteiger partial charge in [0.2, 0.25) is 5.88 Å². The van der Waals surface area contributed by atoms with Gasteiger partial charge in [0.05, 0.1) is 7.11 Å². The highest BCUT2D eigenvalue weighted by Gasteiger charge is 2.05. The number of nitrogens with zero attached hydrogens (tertiary/aromatic N) is 1. The maximum atomic E-state index is 11.2. The van der Waals surface area contributed by atoms with Crippen molar-refractivity contribution in [2.75, 3.05) is 13.7 Å². The molecule has 16 heavy (non-hydrogen) atoms. The largest absolute Gasteiger partial charge is 0.494 e. The Morgan fingerprint density at radius 1 is 1.50 bits per heavy atom. The van der Waals surface area contributed by atoms with E-state index in [0.717, 1.165) is 6.21 Å². The van der Waals surface area contributed by atoms with Gasteiger partial charge in [0.25, 0.3) is 5.56 Å². The maximum Gasteiger partial charge on any atom is 0.328 e. The second-order valence-corrected chi connectivity index (χ2v) is 2.72. The Bertz CT molecular complexity index is 527. The minimum Gasteiger partial charge on any atom is -0.494 e.